The van der Waals surface area contributed by atoms with Crippen LogP contribution < -0.4 is 4.74 Å². The molecule has 0 fully saturated rings. The van der Waals surface area contributed by atoms with E-state index in [1.165, 1.54) is 7.11 Å². The minimum atomic E-state index is -0.0283. The number of rotatable bonds is 4. The van der Waals surface area contributed by atoms with Crippen LogP contribution in [-0.2, 0) is 6.42 Å². The van der Waals surface area contributed by atoms with Gasteiger partial charge in [0.25, 0.3) is 0 Å². The van der Waals surface area contributed by atoms with E-state index in [0.717, 1.165) is 18.4 Å². The fourth-order valence-corrected chi connectivity index (χ4v) is 3.04. The highest BCUT2D eigenvalue weighted by Crippen LogP contribution is 2.42. The molecule has 0 saturated carbocycles. The van der Waals surface area contributed by atoms with Crippen LogP contribution in [0.15, 0.2) is 6.07 Å². The number of carbonyl (C=O) groups excluding carboxylic acids is 1. The van der Waals surface area contributed by atoms with Gasteiger partial charge in [0.15, 0.2) is 5.78 Å². The van der Waals surface area contributed by atoms with Crippen molar-refractivity contribution < 1.29 is 9.53 Å². The van der Waals surface area contributed by atoms with Crippen LogP contribution in [0.5, 0.6) is 5.75 Å². The zero-order valence-corrected chi connectivity index (χ0v) is 12.2. The summed E-state index contributed by atoms with van der Waals surface area (Å²) in [5.41, 5.74) is 1.48. The van der Waals surface area contributed by atoms with Crippen molar-refractivity contribution in [3.63, 3.8) is 0 Å². The predicted molar refractivity (Wildman–Crippen MR) is 74.5 cm³/mol. The molecule has 1 aromatic rings. The van der Waals surface area contributed by atoms with Gasteiger partial charge < -0.3 is 4.74 Å². The maximum atomic E-state index is 12.2. The molecule has 0 radical (unpaired) electrons. The Morgan fingerprint density at radius 3 is 2.72 bits per heavy atom. The van der Waals surface area contributed by atoms with E-state index < -0.39 is 0 Å². The normalized spacial score (nSPS) is 18.0. The van der Waals surface area contributed by atoms with Crippen LogP contribution >= 0.6 is 34.8 Å². The lowest BCUT2D eigenvalue weighted by Crippen LogP contribution is -2.09. The molecule has 0 amide bonds. The van der Waals surface area contributed by atoms with Gasteiger partial charge in [-0.1, -0.05) is 23.2 Å². The monoisotopic (exact) mass is 306 g/mol. The first-order chi connectivity index (χ1) is 8.60. The summed E-state index contributed by atoms with van der Waals surface area (Å²) < 4.78 is 5.15. The molecule has 98 valence electrons. The quantitative estimate of drug-likeness (QED) is 0.772. The molecule has 0 spiro atoms. The van der Waals surface area contributed by atoms with Crippen molar-refractivity contribution in [1.29, 1.82) is 0 Å². The summed E-state index contributed by atoms with van der Waals surface area (Å²) in [6, 6.07) is 1.81. The Labute approximate surface area is 121 Å². The number of halogens is 3. The van der Waals surface area contributed by atoms with Crippen LogP contribution in [0.25, 0.3) is 0 Å². The Kier molecular flexibility index (Phi) is 4.41. The second-order valence-corrected chi connectivity index (χ2v) is 5.47. The molecule has 0 heterocycles. The molecule has 0 N–H and O–H groups in total. The molecule has 5 heteroatoms. The first-order valence-corrected chi connectivity index (χ1v) is 7.04. The third-order valence-electron chi connectivity index (χ3n) is 3.24. The summed E-state index contributed by atoms with van der Waals surface area (Å²) in [7, 11) is 1.53. The summed E-state index contributed by atoms with van der Waals surface area (Å²) in [6.07, 6.45) is 2.31. The third-order valence-corrected chi connectivity index (χ3v) is 4.36. The number of methoxy groups -OCH3 is 1. The van der Waals surface area contributed by atoms with E-state index in [-0.39, 0.29) is 11.7 Å². The SMILES string of the molecule is COc1cc2c(c(Cl)c1Cl)C(=O)C(CCCCl)C2. The maximum Gasteiger partial charge on any atom is 0.168 e. The molecule has 0 bridgehead atoms. The van der Waals surface area contributed by atoms with Gasteiger partial charge in [-0.25, -0.2) is 0 Å². The topological polar surface area (TPSA) is 26.3 Å². The highest BCUT2D eigenvalue weighted by atomic mass is 35.5. The Balaban J connectivity index is 2.37. The zero-order valence-electron chi connectivity index (χ0n) is 9.93. The van der Waals surface area contributed by atoms with E-state index in [0.29, 0.717) is 33.7 Å². The lowest BCUT2D eigenvalue weighted by atomic mass is 10.00. The minimum absolute atomic E-state index is 0.0283. The van der Waals surface area contributed by atoms with Crippen molar-refractivity contribution in [2.24, 2.45) is 5.92 Å². The number of hydrogen-bond donors (Lipinski definition) is 0. The molecule has 1 unspecified atom stereocenters. The summed E-state index contributed by atoms with van der Waals surface area (Å²) in [6.45, 7) is 0. The van der Waals surface area contributed by atoms with Crippen molar-refractivity contribution in [2.45, 2.75) is 19.3 Å². The molecule has 18 heavy (non-hydrogen) atoms. The van der Waals surface area contributed by atoms with Crippen LogP contribution in [0.2, 0.25) is 10.0 Å². The molecule has 1 aliphatic rings. The zero-order chi connectivity index (χ0) is 13.3. The van der Waals surface area contributed by atoms with Crippen molar-refractivity contribution in [1.82, 2.24) is 0 Å². The lowest BCUT2D eigenvalue weighted by molar-refractivity contribution is 0.0930. The predicted octanol–water partition coefficient (Wildman–Crippen LogP) is 4.38. The van der Waals surface area contributed by atoms with Gasteiger partial charge in [-0.05, 0) is 30.9 Å². The van der Waals surface area contributed by atoms with Gasteiger partial charge in [-0.15, -0.1) is 11.6 Å². The smallest absolute Gasteiger partial charge is 0.168 e. The number of hydrogen-bond acceptors (Lipinski definition) is 2. The molecular formula is C13H13Cl3O2. The number of ether oxygens (including phenoxy) is 1. The summed E-state index contributed by atoms with van der Waals surface area (Å²) in [5.74, 6) is 1.13. The van der Waals surface area contributed by atoms with Gasteiger partial charge in [0.2, 0.25) is 0 Å². The fraction of sp³-hybridized carbons (Fsp3) is 0.462. The lowest BCUT2D eigenvalue weighted by Gasteiger charge is -2.08. The van der Waals surface area contributed by atoms with Gasteiger partial charge in [0.05, 0.1) is 12.1 Å². The third kappa shape index (κ3) is 2.34. The number of Topliss-reactive ketones (excluding diaryl/α,β-unsaturated/α-hetero) is 1. The minimum Gasteiger partial charge on any atom is -0.495 e. The number of alkyl halides is 1. The molecule has 2 rings (SSSR count). The average Bonchev–Trinajstić information content (AvgIpc) is 2.68. The Bertz CT molecular complexity index is 486. The molecule has 0 aromatic heterocycles. The fourth-order valence-electron chi connectivity index (χ4n) is 2.35. The van der Waals surface area contributed by atoms with Crippen LogP contribution in [-0.4, -0.2) is 18.8 Å². The number of carbonyl (C=O) groups is 1. The summed E-state index contributed by atoms with van der Waals surface area (Å²) in [5, 5.41) is 0.619. The van der Waals surface area contributed by atoms with Crippen LogP contribution in [0.1, 0.15) is 28.8 Å². The molecule has 2 nitrogen and oxygen atoms in total. The van der Waals surface area contributed by atoms with Gasteiger partial charge in [-0.3, -0.25) is 4.79 Å². The van der Waals surface area contributed by atoms with E-state index in [9.17, 15) is 4.79 Å². The molecule has 0 saturated heterocycles. The average molecular weight is 308 g/mol. The molecule has 0 aliphatic heterocycles. The van der Waals surface area contributed by atoms with Gasteiger partial charge in [0, 0.05) is 17.4 Å². The van der Waals surface area contributed by atoms with E-state index in [2.05, 4.69) is 0 Å². The van der Waals surface area contributed by atoms with E-state index >= 15 is 0 Å². The van der Waals surface area contributed by atoms with Gasteiger partial charge >= 0.3 is 0 Å². The number of fused-ring (bicyclic) bond motifs is 1. The number of benzene rings is 1. The Morgan fingerprint density at radius 2 is 2.11 bits per heavy atom. The highest BCUT2D eigenvalue weighted by molar-refractivity contribution is 6.45. The Morgan fingerprint density at radius 1 is 1.39 bits per heavy atom. The second kappa shape index (κ2) is 5.68. The first-order valence-electron chi connectivity index (χ1n) is 5.75. The summed E-state index contributed by atoms with van der Waals surface area (Å²) in [4.78, 5) is 12.2. The standard InChI is InChI=1S/C13H13Cl3O2/c1-18-9-6-8-5-7(3-2-4-14)13(17)10(8)12(16)11(9)15/h6-7H,2-5H2,1H3. The second-order valence-electron chi connectivity index (χ2n) is 4.34. The van der Waals surface area contributed by atoms with Crippen molar-refractivity contribution >= 4 is 40.6 Å². The Hall–Kier alpha value is -0.440. The van der Waals surface area contributed by atoms with E-state index in [1.54, 1.807) is 0 Å². The van der Waals surface area contributed by atoms with Crippen molar-refractivity contribution in [3.8, 4) is 5.75 Å². The molecule has 1 atom stereocenters. The largest absolute Gasteiger partial charge is 0.495 e. The van der Waals surface area contributed by atoms with E-state index in [4.69, 9.17) is 39.5 Å². The first kappa shape index (κ1) is 14.0. The molecular weight excluding hydrogens is 294 g/mol. The van der Waals surface area contributed by atoms with Gasteiger partial charge in [-0.2, -0.15) is 0 Å². The molecule has 1 aliphatic carbocycles. The van der Waals surface area contributed by atoms with E-state index in [1.807, 2.05) is 6.07 Å². The maximum absolute atomic E-state index is 12.2. The number of ketones is 1. The van der Waals surface area contributed by atoms with Gasteiger partial charge in [0.1, 0.15) is 10.8 Å². The molecule has 1 aromatic carbocycles. The highest BCUT2D eigenvalue weighted by Gasteiger charge is 2.34. The van der Waals surface area contributed by atoms with Crippen molar-refractivity contribution in [2.75, 3.05) is 13.0 Å². The van der Waals surface area contributed by atoms with Crippen LogP contribution in [0, 0.1) is 5.92 Å². The van der Waals surface area contributed by atoms with Crippen LogP contribution in [0.3, 0.4) is 0 Å². The van der Waals surface area contributed by atoms with Crippen LogP contribution in [0.4, 0.5) is 0 Å². The van der Waals surface area contributed by atoms with Crippen molar-refractivity contribution in [3.05, 3.63) is 27.2 Å². The summed E-state index contributed by atoms with van der Waals surface area (Å²) >= 11 is 17.9.